The Morgan fingerprint density at radius 2 is 1.79 bits per heavy atom. The first-order chi connectivity index (χ1) is 15.8. The first-order valence-electron chi connectivity index (χ1n) is 11.4. The van der Waals surface area contributed by atoms with Crippen molar-refractivity contribution >= 4 is 16.7 Å². The number of aromatic nitrogens is 4. The molecule has 0 unspecified atom stereocenters. The number of Topliss-reactive ketones (excluding diaryl/α,β-unsaturated/α-hetero) is 1. The molecule has 1 saturated carbocycles. The van der Waals surface area contributed by atoms with Crippen molar-refractivity contribution in [1.82, 2.24) is 24.6 Å². The number of carbonyl (C=O) groups is 1. The first kappa shape index (κ1) is 22.0. The summed E-state index contributed by atoms with van der Waals surface area (Å²) in [4.78, 5) is 23.5. The van der Waals surface area contributed by atoms with Gasteiger partial charge in [-0.1, -0.05) is 0 Å². The minimum absolute atomic E-state index is 0.00549. The third-order valence-electron chi connectivity index (χ3n) is 6.59. The van der Waals surface area contributed by atoms with Crippen LogP contribution in [0.3, 0.4) is 0 Å². The van der Waals surface area contributed by atoms with Crippen LogP contribution in [-0.2, 0) is 11.2 Å². The number of fused-ring (bicyclic) bond motifs is 1. The summed E-state index contributed by atoms with van der Waals surface area (Å²) in [5.41, 5.74) is 3.45. The highest BCUT2D eigenvalue weighted by atomic mass is 19.4. The highest BCUT2D eigenvalue weighted by Gasteiger charge is 2.30. The Morgan fingerprint density at radius 1 is 1.00 bits per heavy atom. The summed E-state index contributed by atoms with van der Waals surface area (Å²) in [6, 6.07) is 4.48. The highest BCUT2D eigenvalue weighted by molar-refractivity contribution is 5.86. The number of nitrogens with zero attached hydrogens (tertiary/aromatic N) is 5. The smallest absolute Gasteiger partial charge is 0.303 e. The molecule has 2 aliphatic rings. The second-order valence-electron chi connectivity index (χ2n) is 9.16. The molecule has 1 saturated heterocycles. The van der Waals surface area contributed by atoms with Crippen molar-refractivity contribution in [3.8, 4) is 11.1 Å². The summed E-state index contributed by atoms with van der Waals surface area (Å²) in [6.45, 7) is 1.06. The summed E-state index contributed by atoms with van der Waals surface area (Å²) in [5.74, 6) is -0.0190. The Morgan fingerprint density at radius 3 is 2.52 bits per heavy atom. The van der Waals surface area contributed by atoms with E-state index in [1.54, 1.807) is 11.1 Å². The van der Waals surface area contributed by atoms with Crippen LogP contribution in [0.1, 0.15) is 43.8 Å². The van der Waals surface area contributed by atoms with Gasteiger partial charge in [0.2, 0.25) is 0 Å². The number of halogens is 3. The molecule has 9 heteroatoms. The molecular formula is C24H26F3N5O. The van der Waals surface area contributed by atoms with Crippen LogP contribution < -0.4 is 0 Å². The van der Waals surface area contributed by atoms with Crippen molar-refractivity contribution in [1.29, 1.82) is 0 Å². The van der Waals surface area contributed by atoms with E-state index in [1.165, 1.54) is 12.8 Å². The van der Waals surface area contributed by atoms with Crippen molar-refractivity contribution < 1.29 is 18.0 Å². The number of piperidine rings is 1. The van der Waals surface area contributed by atoms with E-state index in [4.69, 9.17) is 0 Å². The second kappa shape index (κ2) is 8.85. The van der Waals surface area contributed by atoms with Gasteiger partial charge in [0.25, 0.3) is 0 Å². The van der Waals surface area contributed by atoms with Gasteiger partial charge in [0.15, 0.2) is 0 Å². The number of rotatable bonds is 7. The molecule has 174 valence electrons. The Hall–Kier alpha value is -2.81. The largest absolute Gasteiger partial charge is 0.390 e. The predicted octanol–water partition coefficient (Wildman–Crippen LogP) is 4.60. The molecule has 0 radical (unpaired) electrons. The molecule has 2 fully saturated rings. The lowest BCUT2D eigenvalue weighted by atomic mass is 9.90. The molecule has 0 aromatic carbocycles. The van der Waals surface area contributed by atoms with E-state index in [-0.39, 0.29) is 24.7 Å². The van der Waals surface area contributed by atoms with Crippen LogP contribution in [0, 0.1) is 5.92 Å². The van der Waals surface area contributed by atoms with E-state index >= 15 is 0 Å². The summed E-state index contributed by atoms with van der Waals surface area (Å²) in [6.07, 6.45) is 6.24. The number of pyridine rings is 2. The van der Waals surface area contributed by atoms with Gasteiger partial charge in [-0.15, -0.1) is 0 Å². The SMILES string of the molecule is O=C(Cc1cc2cc(-c3cnn(C4CC4)c3)cnc2cn1)C1CCN(CCC(F)(F)F)CC1. The molecule has 3 aromatic rings. The Labute approximate surface area is 189 Å². The fourth-order valence-corrected chi connectivity index (χ4v) is 4.44. The van der Waals surface area contributed by atoms with E-state index in [0.717, 1.165) is 22.0 Å². The summed E-state index contributed by atoms with van der Waals surface area (Å²) in [7, 11) is 0. The number of ketones is 1. The molecule has 1 aliphatic heterocycles. The number of hydrogen-bond donors (Lipinski definition) is 0. The average Bonchev–Trinajstić information content (AvgIpc) is 3.53. The van der Waals surface area contributed by atoms with Crippen molar-refractivity contribution in [3.63, 3.8) is 0 Å². The number of carbonyl (C=O) groups excluding carboxylic acids is 1. The summed E-state index contributed by atoms with van der Waals surface area (Å²) in [5, 5.41) is 5.37. The Bertz CT molecular complexity index is 1150. The molecule has 1 aliphatic carbocycles. The number of hydrogen-bond acceptors (Lipinski definition) is 5. The van der Waals surface area contributed by atoms with Gasteiger partial charge in [0.1, 0.15) is 5.78 Å². The highest BCUT2D eigenvalue weighted by Crippen LogP contribution is 2.35. The minimum Gasteiger partial charge on any atom is -0.303 e. The Kier molecular flexibility index (Phi) is 5.90. The van der Waals surface area contributed by atoms with Gasteiger partial charge < -0.3 is 4.90 Å². The lowest BCUT2D eigenvalue weighted by molar-refractivity contribution is -0.139. The van der Waals surface area contributed by atoms with Crippen molar-refractivity contribution in [2.75, 3.05) is 19.6 Å². The van der Waals surface area contributed by atoms with Gasteiger partial charge in [0, 0.05) is 53.5 Å². The summed E-state index contributed by atoms with van der Waals surface area (Å²) < 4.78 is 39.3. The van der Waals surface area contributed by atoms with Gasteiger partial charge in [-0.2, -0.15) is 18.3 Å². The van der Waals surface area contributed by atoms with E-state index < -0.39 is 12.6 Å². The zero-order chi connectivity index (χ0) is 23.0. The van der Waals surface area contributed by atoms with Crippen molar-refractivity contribution in [2.45, 2.75) is 50.7 Å². The molecule has 33 heavy (non-hydrogen) atoms. The van der Waals surface area contributed by atoms with Gasteiger partial charge in [-0.05, 0) is 50.9 Å². The van der Waals surface area contributed by atoms with E-state index in [2.05, 4.69) is 15.1 Å². The molecule has 3 aromatic heterocycles. The molecule has 0 N–H and O–H groups in total. The normalized spacial score (nSPS) is 18.2. The first-order valence-corrected chi connectivity index (χ1v) is 11.4. The number of likely N-dealkylation sites (tertiary alicyclic amines) is 1. The molecule has 0 bridgehead atoms. The zero-order valence-corrected chi connectivity index (χ0v) is 18.3. The minimum atomic E-state index is -4.14. The van der Waals surface area contributed by atoms with Gasteiger partial charge in [0.05, 0.1) is 30.4 Å². The lowest BCUT2D eigenvalue weighted by Crippen LogP contribution is -2.38. The standard InChI is InChI=1S/C24H26F3N5O/c25-24(26,27)5-8-31-6-3-16(4-7-31)23(33)11-20-10-17-9-18(12-29-22(17)14-28-20)19-13-30-32(15-19)21-1-2-21/h9-10,12-16,21H,1-8,11H2. The lowest BCUT2D eigenvalue weighted by Gasteiger charge is -2.31. The molecule has 0 spiro atoms. The molecule has 4 heterocycles. The van der Waals surface area contributed by atoms with Crippen LogP contribution in [0.15, 0.2) is 36.9 Å². The van der Waals surface area contributed by atoms with Crippen LogP contribution in [0.25, 0.3) is 22.0 Å². The third kappa shape index (κ3) is 5.40. The fraction of sp³-hybridized carbons (Fsp3) is 0.500. The summed E-state index contributed by atoms with van der Waals surface area (Å²) >= 11 is 0. The Balaban J connectivity index is 1.22. The van der Waals surface area contributed by atoms with E-state index in [1.807, 2.05) is 35.4 Å². The van der Waals surface area contributed by atoms with Crippen LogP contribution in [0.5, 0.6) is 0 Å². The maximum atomic E-state index is 12.8. The molecular weight excluding hydrogens is 431 g/mol. The molecule has 6 nitrogen and oxygen atoms in total. The average molecular weight is 458 g/mol. The van der Waals surface area contributed by atoms with Crippen molar-refractivity contribution in [2.24, 2.45) is 5.92 Å². The maximum Gasteiger partial charge on any atom is 0.390 e. The molecule has 0 atom stereocenters. The predicted molar refractivity (Wildman–Crippen MR) is 118 cm³/mol. The van der Waals surface area contributed by atoms with Crippen molar-refractivity contribution in [3.05, 3.63) is 42.6 Å². The van der Waals surface area contributed by atoms with Gasteiger partial charge in [-0.3, -0.25) is 19.4 Å². The van der Waals surface area contributed by atoms with Crippen LogP contribution in [0.4, 0.5) is 13.2 Å². The third-order valence-corrected chi connectivity index (χ3v) is 6.59. The quantitative estimate of drug-likeness (QED) is 0.519. The molecule has 0 amide bonds. The van der Waals surface area contributed by atoms with Crippen LogP contribution in [-0.4, -0.2) is 56.2 Å². The monoisotopic (exact) mass is 457 g/mol. The van der Waals surface area contributed by atoms with E-state index in [9.17, 15) is 18.0 Å². The van der Waals surface area contributed by atoms with Gasteiger partial charge >= 0.3 is 6.18 Å². The van der Waals surface area contributed by atoms with E-state index in [0.29, 0.717) is 37.7 Å². The van der Waals surface area contributed by atoms with Gasteiger partial charge in [-0.25, -0.2) is 0 Å². The van der Waals surface area contributed by atoms with Crippen LogP contribution >= 0.6 is 0 Å². The fourth-order valence-electron chi connectivity index (χ4n) is 4.44. The maximum absolute atomic E-state index is 12.8. The second-order valence-corrected chi connectivity index (χ2v) is 9.16. The zero-order valence-electron chi connectivity index (χ0n) is 18.3. The van der Waals surface area contributed by atoms with Crippen LogP contribution in [0.2, 0.25) is 0 Å². The molecule has 5 rings (SSSR count). The number of alkyl halides is 3. The topological polar surface area (TPSA) is 63.9 Å².